The summed E-state index contributed by atoms with van der Waals surface area (Å²) >= 11 is 3.55. The van der Waals surface area contributed by atoms with Crippen LogP contribution in [0.15, 0.2) is 23.1 Å². The van der Waals surface area contributed by atoms with Crippen LogP contribution in [0.5, 0.6) is 0 Å². The largest absolute Gasteiger partial charge is 0.308 e. The maximum atomic E-state index is 11.9. The Balaban J connectivity index is 2.28. The Kier molecular flexibility index (Phi) is 4.39. The molecule has 1 aliphatic rings. The summed E-state index contributed by atoms with van der Waals surface area (Å²) in [4.78, 5) is 22.2. The normalized spacial score (nSPS) is 18.2. The molecule has 0 aliphatic heterocycles. The number of rotatable bonds is 4. The Morgan fingerprint density at radius 1 is 1.32 bits per heavy atom. The zero-order valence-electron chi connectivity index (χ0n) is 10.7. The lowest BCUT2D eigenvalue weighted by Gasteiger charge is -2.36. The van der Waals surface area contributed by atoms with E-state index < -0.39 is 4.92 Å². The monoisotopic (exact) mass is 328 g/mol. The summed E-state index contributed by atoms with van der Waals surface area (Å²) in [5, 5.41) is 11.6. The molecule has 0 bridgehead atoms. The number of hydrogen-bond donors (Lipinski definition) is 0. The van der Waals surface area contributed by atoms with Crippen LogP contribution >= 0.6 is 15.9 Å². The van der Waals surface area contributed by atoms with Crippen LogP contribution in [0.1, 0.15) is 32.1 Å². The first-order valence-corrected chi connectivity index (χ1v) is 7.59. The third-order valence-corrected chi connectivity index (χ3v) is 5.07. The molecule has 1 saturated carbocycles. The average Bonchev–Trinajstić information content (AvgIpc) is 2.42. The topological polar surface area (TPSA) is 65.1 Å². The van der Waals surface area contributed by atoms with Gasteiger partial charge in [0.15, 0.2) is 0 Å². The lowest BCUT2D eigenvalue weighted by Crippen LogP contribution is -2.35. The molecule has 0 saturated heterocycles. The standard InChI is InChI=1S/C13H17BrN2O3/c14-9-13(6-2-1-3-7-13)10-15-8-11(16(18)19)4-5-12(15)17/h4-5,8H,1-3,6-7,9-10H2. The van der Waals surface area contributed by atoms with Crippen molar-refractivity contribution in [3.05, 3.63) is 38.8 Å². The number of aromatic nitrogens is 1. The fourth-order valence-corrected chi connectivity index (χ4v) is 3.49. The van der Waals surface area contributed by atoms with E-state index in [9.17, 15) is 14.9 Å². The number of hydrogen-bond acceptors (Lipinski definition) is 3. The van der Waals surface area contributed by atoms with Crippen molar-refractivity contribution in [3.63, 3.8) is 0 Å². The molecular formula is C13H17BrN2O3. The van der Waals surface area contributed by atoms with Gasteiger partial charge in [0.05, 0.1) is 11.1 Å². The quantitative estimate of drug-likeness (QED) is 0.484. The Labute approximate surface area is 119 Å². The van der Waals surface area contributed by atoms with Gasteiger partial charge in [0.1, 0.15) is 0 Å². The first-order valence-electron chi connectivity index (χ1n) is 6.47. The molecule has 1 heterocycles. The first-order chi connectivity index (χ1) is 9.06. The highest BCUT2D eigenvalue weighted by molar-refractivity contribution is 9.09. The Morgan fingerprint density at radius 3 is 2.58 bits per heavy atom. The summed E-state index contributed by atoms with van der Waals surface area (Å²) in [7, 11) is 0. The van der Waals surface area contributed by atoms with Crippen molar-refractivity contribution < 1.29 is 4.92 Å². The van der Waals surface area contributed by atoms with Gasteiger partial charge >= 0.3 is 0 Å². The molecule has 0 spiro atoms. The van der Waals surface area contributed by atoms with Crippen molar-refractivity contribution in [1.82, 2.24) is 4.57 Å². The van der Waals surface area contributed by atoms with Crippen LogP contribution in [-0.4, -0.2) is 14.8 Å². The van der Waals surface area contributed by atoms with E-state index in [0.29, 0.717) is 6.54 Å². The minimum absolute atomic E-state index is 0.0277. The molecule has 0 atom stereocenters. The van der Waals surface area contributed by atoms with Crippen LogP contribution in [0.3, 0.4) is 0 Å². The van der Waals surface area contributed by atoms with E-state index in [-0.39, 0.29) is 16.7 Å². The van der Waals surface area contributed by atoms with Crippen LogP contribution < -0.4 is 5.56 Å². The van der Waals surface area contributed by atoms with E-state index in [2.05, 4.69) is 15.9 Å². The highest BCUT2D eigenvalue weighted by Gasteiger charge is 2.31. The van der Waals surface area contributed by atoms with Crippen LogP contribution in [-0.2, 0) is 6.54 Å². The van der Waals surface area contributed by atoms with Crippen molar-refractivity contribution >= 4 is 21.6 Å². The van der Waals surface area contributed by atoms with E-state index in [1.165, 1.54) is 29.3 Å². The second kappa shape index (κ2) is 5.86. The van der Waals surface area contributed by atoms with E-state index in [0.717, 1.165) is 31.0 Å². The second-order valence-corrected chi connectivity index (χ2v) is 5.87. The second-order valence-electron chi connectivity index (χ2n) is 5.30. The van der Waals surface area contributed by atoms with E-state index in [4.69, 9.17) is 0 Å². The van der Waals surface area contributed by atoms with Crippen LogP contribution in [0.2, 0.25) is 0 Å². The predicted octanol–water partition coefficient (Wildman–Crippen LogP) is 3.10. The van der Waals surface area contributed by atoms with Gasteiger partial charge in [-0.3, -0.25) is 14.9 Å². The SMILES string of the molecule is O=c1ccc([N+](=O)[O-])cn1CC1(CBr)CCCCC1. The summed E-state index contributed by atoms with van der Waals surface area (Å²) in [5.41, 5.74) is -0.145. The fourth-order valence-electron chi connectivity index (χ4n) is 2.75. The molecule has 6 heteroatoms. The Morgan fingerprint density at radius 2 is 2.00 bits per heavy atom. The van der Waals surface area contributed by atoms with Gasteiger partial charge in [0, 0.05) is 24.0 Å². The summed E-state index contributed by atoms with van der Waals surface area (Å²) < 4.78 is 1.49. The number of alkyl halides is 1. The molecule has 0 aromatic carbocycles. The lowest BCUT2D eigenvalue weighted by atomic mass is 9.75. The number of nitrogens with zero attached hydrogens (tertiary/aromatic N) is 2. The molecule has 19 heavy (non-hydrogen) atoms. The summed E-state index contributed by atoms with van der Waals surface area (Å²) in [6, 6.07) is 2.55. The maximum absolute atomic E-state index is 11.9. The van der Waals surface area contributed by atoms with Gasteiger partial charge in [0.25, 0.3) is 11.2 Å². The molecular weight excluding hydrogens is 312 g/mol. The predicted molar refractivity (Wildman–Crippen MR) is 76.7 cm³/mol. The molecule has 1 aromatic heterocycles. The van der Waals surface area contributed by atoms with Crippen LogP contribution in [0, 0.1) is 15.5 Å². The third kappa shape index (κ3) is 3.23. The highest BCUT2D eigenvalue weighted by atomic mass is 79.9. The number of nitro groups is 1. The number of halogens is 1. The molecule has 1 aliphatic carbocycles. The van der Waals surface area contributed by atoms with Gasteiger partial charge in [-0.1, -0.05) is 35.2 Å². The zero-order valence-corrected chi connectivity index (χ0v) is 12.3. The summed E-state index contributed by atoms with van der Waals surface area (Å²) in [6.45, 7) is 0.554. The summed E-state index contributed by atoms with van der Waals surface area (Å²) in [5.74, 6) is 0. The third-order valence-electron chi connectivity index (χ3n) is 3.88. The van der Waals surface area contributed by atoms with Crippen molar-refractivity contribution in [2.45, 2.75) is 38.6 Å². The fraction of sp³-hybridized carbons (Fsp3) is 0.615. The Hall–Kier alpha value is -1.17. The maximum Gasteiger partial charge on any atom is 0.285 e. The van der Waals surface area contributed by atoms with Gasteiger partial charge in [-0.15, -0.1) is 0 Å². The van der Waals surface area contributed by atoms with Crippen molar-refractivity contribution in [3.8, 4) is 0 Å². The molecule has 1 aromatic rings. The van der Waals surface area contributed by atoms with Gasteiger partial charge < -0.3 is 4.57 Å². The average molecular weight is 329 g/mol. The molecule has 0 amide bonds. The van der Waals surface area contributed by atoms with Gasteiger partial charge in [-0.25, -0.2) is 0 Å². The van der Waals surface area contributed by atoms with E-state index in [1.807, 2.05) is 0 Å². The number of pyridine rings is 1. The molecule has 1 fully saturated rings. The zero-order chi connectivity index (χ0) is 13.9. The highest BCUT2D eigenvalue weighted by Crippen LogP contribution is 2.39. The lowest BCUT2D eigenvalue weighted by molar-refractivity contribution is -0.385. The first kappa shape index (κ1) is 14.2. The molecule has 5 nitrogen and oxygen atoms in total. The van der Waals surface area contributed by atoms with Gasteiger partial charge in [-0.2, -0.15) is 0 Å². The molecule has 104 valence electrons. The summed E-state index contributed by atoms with van der Waals surface area (Å²) in [6.07, 6.45) is 7.05. The van der Waals surface area contributed by atoms with E-state index >= 15 is 0 Å². The van der Waals surface area contributed by atoms with Gasteiger partial charge in [-0.05, 0) is 18.3 Å². The van der Waals surface area contributed by atoms with Crippen molar-refractivity contribution in [2.24, 2.45) is 5.41 Å². The van der Waals surface area contributed by atoms with Crippen molar-refractivity contribution in [2.75, 3.05) is 5.33 Å². The minimum Gasteiger partial charge on any atom is -0.308 e. The van der Waals surface area contributed by atoms with Gasteiger partial charge in [0.2, 0.25) is 0 Å². The molecule has 0 N–H and O–H groups in total. The molecule has 0 unspecified atom stereocenters. The molecule has 2 rings (SSSR count). The van der Waals surface area contributed by atoms with Crippen molar-refractivity contribution in [1.29, 1.82) is 0 Å². The van der Waals surface area contributed by atoms with Crippen LogP contribution in [0.4, 0.5) is 5.69 Å². The van der Waals surface area contributed by atoms with Crippen LogP contribution in [0.25, 0.3) is 0 Å². The smallest absolute Gasteiger partial charge is 0.285 e. The molecule has 0 radical (unpaired) electrons. The Bertz CT molecular complexity index is 521. The minimum atomic E-state index is -0.461. The van der Waals surface area contributed by atoms with E-state index in [1.54, 1.807) is 0 Å².